The molecule has 2 amide bonds. The van der Waals surface area contributed by atoms with Crippen molar-refractivity contribution in [1.29, 1.82) is 0 Å². The van der Waals surface area contributed by atoms with Crippen molar-refractivity contribution in [2.75, 3.05) is 105 Å². The number of carbonyl (C=O) groups excluding carboxylic acids is 2. The summed E-state index contributed by atoms with van der Waals surface area (Å²) < 4.78 is 29.2. The molecule has 112 heavy (non-hydrogen) atoms. The van der Waals surface area contributed by atoms with Gasteiger partial charge in [-0.3, -0.25) is 9.59 Å². The maximum absolute atomic E-state index is 11.1. The van der Waals surface area contributed by atoms with E-state index in [1.807, 2.05) is 6.08 Å². The van der Waals surface area contributed by atoms with Crippen molar-refractivity contribution in [1.82, 2.24) is 35.1 Å². The molecule has 10 rings (SSSR count). The molecular formula is C76H125BrN15O15P5. The fourth-order valence-corrected chi connectivity index (χ4v) is 18.1. The molecule has 0 aromatic carbocycles. The van der Waals surface area contributed by atoms with Gasteiger partial charge in [0.2, 0.25) is 11.8 Å². The van der Waals surface area contributed by atoms with Crippen molar-refractivity contribution in [3.05, 3.63) is 135 Å². The van der Waals surface area contributed by atoms with Gasteiger partial charge in [-0.1, -0.05) is 54.9 Å². The van der Waals surface area contributed by atoms with Crippen LogP contribution in [0.4, 0.5) is 0 Å². The Labute approximate surface area is 671 Å². The number of aliphatic hydroxyl groups excluding tert-OH is 8. The molecule has 16 N–H and O–H groups in total. The number of ether oxygens (including phenoxy) is 5. The first-order valence-corrected chi connectivity index (χ1v) is 52.8. The average Bonchev–Trinajstić information content (AvgIpc) is 1.67. The van der Waals surface area contributed by atoms with Crippen molar-refractivity contribution < 1.29 is 74.1 Å². The quantitative estimate of drug-likeness (QED) is 0.0439. The van der Waals surface area contributed by atoms with Crippen LogP contribution < -0.4 is 27.8 Å². The normalized spacial score (nSPS) is 31.2. The monoisotopic (exact) mass is 1720 g/mol. The second-order valence-corrected chi connectivity index (χ2v) is 55.0. The number of amidine groups is 5. The number of rotatable bonds is 21. The van der Waals surface area contributed by atoms with Crippen LogP contribution in [0, 0.1) is 0 Å². The summed E-state index contributed by atoms with van der Waals surface area (Å²) in [5, 5.41) is 87.6. The second kappa shape index (κ2) is 40.4. The maximum Gasteiger partial charge on any atom is 0.222 e. The summed E-state index contributed by atoms with van der Waals surface area (Å²) in [6.07, 6.45) is 36.6. The van der Waals surface area contributed by atoms with E-state index in [1.54, 1.807) is 93.0 Å². The number of nitrogens with two attached hydrogens (primary N) is 3. The lowest BCUT2D eigenvalue weighted by atomic mass is 10.1. The summed E-state index contributed by atoms with van der Waals surface area (Å²) >= 11 is 3.53. The molecule has 4 saturated heterocycles. The van der Waals surface area contributed by atoms with Crippen molar-refractivity contribution in [3.8, 4) is 0 Å². The molecule has 36 heteroatoms. The maximum atomic E-state index is 11.1. The molecule has 626 valence electrons. The van der Waals surface area contributed by atoms with Crippen LogP contribution in [0.15, 0.2) is 160 Å². The van der Waals surface area contributed by atoms with Crippen LogP contribution in [-0.2, 0) is 33.3 Å². The Morgan fingerprint density at radius 3 is 1.09 bits per heavy atom. The number of carbonyl (C=O) groups is 2. The number of methoxy groups -OCH3 is 1. The number of aliphatic imine (C=N–C) groups is 5. The number of alkyl halides is 1. The number of nitrogens with one attached hydrogen (secondary N) is 2. The number of halogens is 1. The molecule has 0 radical (unpaired) electrons. The fourth-order valence-electron chi connectivity index (χ4n) is 12.7. The summed E-state index contributed by atoms with van der Waals surface area (Å²) in [5.41, 5.74) is 17.7. The van der Waals surface area contributed by atoms with Crippen LogP contribution in [0.5, 0.6) is 0 Å². The van der Waals surface area contributed by atoms with E-state index >= 15 is 0 Å². The minimum Gasteiger partial charge on any atom is -0.389 e. The smallest absolute Gasteiger partial charge is 0.222 e. The van der Waals surface area contributed by atoms with Gasteiger partial charge in [-0.25, -0.2) is 25.0 Å². The molecule has 19 atom stereocenters. The Morgan fingerprint density at radius 1 is 0.446 bits per heavy atom. The molecule has 30 nitrogen and oxygen atoms in total. The largest absolute Gasteiger partial charge is 0.389 e. The summed E-state index contributed by atoms with van der Waals surface area (Å²) in [5.74, 6) is 3.62. The van der Waals surface area contributed by atoms with E-state index in [-0.39, 0.29) is 41.1 Å². The number of nitrogens with zero attached hydrogens (tertiary/aromatic N) is 10. The Bertz CT molecular complexity index is 3980. The third-order valence-electron chi connectivity index (χ3n) is 18.9. The highest BCUT2D eigenvalue weighted by molar-refractivity contribution is 9.09. The number of hydrogen-bond donors (Lipinski definition) is 13. The number of amides is 2. The lowest BCUT2D eigenvalue weighted by Crippen LogP contribution is -2.43. The molecular weight excluding hydrogens is 1600 g/mol. The first-order valence-electron chi connectivity index (χ1n) is 36.6. The topological polar surface area (TPSA) is 422 Å². The summed E-state index contributed by atoms with van der Waals surface area (Å²) in [6.45, 7) is 37.7. The Balaban J connectivity index is 0.000000219. The summed E-state index contributed by atoms with van der Waals surface area (Å²) in [4.78, 5) is 51.1. The van der Waals surface area contributed by atoms with E-state index in [2.05, 4.69) is 183 Å². The standard InChI is InChI=1S/C17H28N3O4P.C16H26N3O4P.C15H24N3O2P.C14H23BrN3O2P.C14H24N3O3P/c1-11-18-14(19-12(2)21)7-9-20(11)17-16(23-3)15(22)13(24-17)8-10-25(4,5)6;1-10-17-13(18-11(2)20)6-8-19(10)16-15(22)14(21)12(23-16)7-9-24(3,4)5;1-10-17-13(16)5-7-18(10)12-9-11(14(19)15(12)20)6-8-21(2,3)4;1-9-17-11(16)5-7-18(9)14-12(15)13(19)10(20-14)6-8-21(2,3)4;1-9-16-11(15)5-7-17(9)14-13(19)12(18)10(20-14)6-8-21(2,3)4/h7,9,13,15-17,22H,1,4,8,10H2,2-3,5-6H3,(H,18,19,21);6,8,12,14-16,21-22H,1,3,7,9H2,2,4-5H3,(H,17,18,20);5,7,9,12,14-15,19-20H,1-2,6,8H2,3-4H3,(H2,16,17);5,7,10,12-14,19H,1-2,6,8H2,3-4H3,(H2,16,17);5,7,10,12-14,18-19H,1-2,6,8H2,3-4H3,(H2,15,16)/t13-,15-,16-,17-;12-,14-,15-,16-;12-,14-,15+;2*10-,12-,13-,14-/m11111/s1. The van der Waals surface area contributed by atoms with Gasteiger partial charge in [0.15, 0.2) is 24.9 Å². The van der Waals surface area contributed by atoms with E-state index in [0.717, 1.165) is 55.6 Å². The highest BCUT2D eigenvalue weighted by Gasteiger charge is 2.50. The van der Waals surface area contributed by atoms with Gasteiger partial charge in [0, 0.05) is 52.0 Å². The first kappa shape index (κ1) is 95.1. The molecule has 9 heterocycles. The van der Waals surface area contributed by atoms with Gasteiger partial charge in [0.1, 0.15) is 107 Å². The minimum absolute atomic E-state index is 0.203. The van der Waals surface area contributed by atoms with Crippen LogP contribution in [0.2, 0.25) is 0 Å². The predicted octanol–water partition coefficient (Wildman–Crippen LogP) is 3.95. The third kappa shape index (κ3) is 28.0. The second-order valence-electron chi connectivity index (χ2n) is 32.4. The van der Waals surface area contributed by atoms with Crippen LogP contribution >= 0.6 is 50.4 Å². The van der Waals surface area contributed by atoms with Crippen molar-refractivity contribution in [2.24, 2.45) is 42.2 Å². The SMILES string of the molecule is C=C1N=C(N)C=CN1[C@@H]1C=C(CCP(=C)(C)C)[C@@H](O)[C@H]1O.C=C1N=C(N)C=CN1[C@@H]1O[C@H](CCP(=C)(C)C)[C@@H](O)[C@H]1Br.C=C1N=C(N)C=CN1[C@@H]1O[C@H](CCP(=C)(C)C)[C@@H](O)[C@H]1O.C=C1N=C(NC(C)=O)C=CN1[C@@H]1O[C@H](CCP(=C)(C)C)[C@@H](O)[C@H]1O.C=C1N=C(NC(C)=O)C=CN1[C@@H]1O[C@H](CCP(=C)(C)C)[C@@H](O)[C@H]1OC. The van der Waals surface area contributed by atoms with Crippen molar-refractivity contribution in [2.45, 2.75) is 161 Å². The Kier molecular flexibility index (Phi) is 34.3. The molecule has 0 saturated carbocycles. The van der Waals surface area contributed by atoms with Crippen molar-refractivity contribution >= 4 is 123 Å². The lowest BCUT2D eigenvalue weighted by Gasteiger charge is -2.32. The first-order chi connectivity index (χ1) is 51.8. The van der Waals surface area contributed by atoms with E-state index in [9.17, 15) is 50.4 Å². The van der Waals surface area contributed by atoms with E-state index in [4.69, 9.17) is 40.9 Å². The molecule has 0 unspecified atom stereocenters. The van der Waals surface area contributed by atoms with Crippen molar-refractivity contribution in [3.63, 3.8) is 0 Å². The van der Waals surface area contributed by atoms with E-state index < -0.39 is 120 Å². The molecule has 0 spiro atoms. The van der Waals surface area contributed by atoms with Gasteiger partial charge in [0.05, 0.1) is 41.4 Å². The summed E-state index contributed by atoms with van der Waals surface area (Å²) in [6, 6.07) is -0.359. The van der Waals surface area contributed by atoms with Crippen LogP contribution in [0.1, 0.15) is 46.0 Å². The Hall–Kier alpha value is -5.71. The van der Waals surface area contributed by atoms with Crippen LogP contribution in [0.25, 0.3) is 0 Å². The zero-order chi connectivity index (χ0) is 84.2. The van der Waals surface area contributed by atoms with Gasteiger partial charge in [-0.2, -0.15) is 0 Å². The Morgan fingerprint density at radius 2 is 0.750 bits per heavy atom. The highest BCUT2D eigenvalue weighted by Crippen LogP contribution is 2.45. The molecule has 4 fully saturated rings. The van der Waals surface area contributed by atoms with Gasteiger partial charge < -0.3 is 117 Å². The van der Waals surface area contributed by atoms with Gasteiger partial charge >= 0.3 is 0 Å². The van der Waals surface area contributed by atoms with Crippen LogP contribution in [-0.4, -0.2) is 358 Å². The number of hydrogen-bond acceptors (Lipinski definition) is 28. The molecule has 9 aliphatic heterocycles. The average molecular weight is 1720 g/mol. The van der Waals surface area contributed by atoms with E-state index in [1.165, 1.54) is 13.8 Å². The third-order valence-corrected chi connectivity index (χ3v) is 27.2. The molecule has 0 bridgehead atoms. The molecule has 1 aliphatic carbocycles. The van der Waals surface area contributed by atoms with E-state index in [0.29, 0.717) is 71.1 Å². The zero-order valence-electron chi connectivity index (χ0n) is 67.2. The lowest BCUT2D eigenvalue weighted by molar-refractivity contribution is -0.118. The molecule has 0 aromatic rings. The van der Waals surface area contributed by atoms with Gasteiger partial charge in [0.25, 0.3) is 0 Å². The van der Waals surface area contributed by atoms with Gasteiger partial charge in [-0.05, 0) is 166 Å². The summed E-state index contributed by atoms with van der Waals surface area (Å²) in [7, 11) is 1.55. The van der Waals surface area contributed by atoms with Crippen LogP contribution in [0.3, 0.4) is 0 Å². The molecule has 0 aromatic heterocycles. The highest BCUT2D eigenvalue weighted by atomic mass is 79.9. The predicted molar refractivity (Wildman–Crippen MR) is 473 cm³/mol. The fraction of sp³-hybridized carbons (Fsp3) is 0.553. The minimum atomic E-state index is -1.23. The number of aliphatic hydroxyl groups is 8. The molecule has 10 aliphatic rings. The zero-order valence-corrected chi connectivity index (χ0v) is 73.3. The van der Waals surface area contributed by atoms with Gasteiger partial charge in [-0.15, -0.1) is 65.9 Å².